The molecule has 0 spiro atoms. The summed E-state index contributed by atoms with van der Waals surface area (Å²) in [5, 5.41) is 24.4. The summed E-state index contributed by atoms with van der Waals surface area (Å²) in [7, 11) is 0. The van der Waals surface area contributed by atoms with Gasteiger partial charge in [0, 0.05) is 24.2 Å². The number of nitrogens with one attached hydrogen (secondary N) is 1. The van der Waals surface area contributed by atoms with Gasteiger partial charge in [-0.25, -0.2) is 0 Å². The predicted molar refractivity (Wildman–Crippen MR) is 106 cm³/mol. The normalized spacial score (nSPS) is 35.6. The van der Waals surface area contributed by atoms with Crippen LogP contribution in [0, 0.1) is 17.8 Å². The van der Waals surface area contributed by atoms with Gasteiger partial charge in [-0.1, -0.05) is 23.5 Å². The highest BCUT2D eigenvalue weighted by atomic mass is 32.1. The molecule has 4 saturated carbocycles. The van der Waals surface area contributed by atoms with Crippen molar-refractivity contribution in [2.75, 3.05) is 11.1 Å². The number of nitrogens with two attached hydrogens (primary N) is 1. The standard InChI is InChI=1S/C20H23N5OS/c21-19-25-24-18(27-19)14-9-22-15-3-1-2-13(15)17(14)23-16-11-4-10-5-12(16)8-20(26,6-10)7-11/h1-2,9-12,16,26H,3-8H2,(H2,21,25)(H,22,23). The Hall–Kier alpha value is -1.99. The third kappa shape index (κ3) is 2.44. The first-order valence-electron chi connectivity index (χ1n) is 9.85. The van der Waals surface area contributed by atoms with Gasteiger partial charge in [0.05, 0.1) is 22.5 Å². The van der Waals surface area contributed by atoms with Gasteiger partial charge in [-0.05, 0) is 49.9 Å². The average molecular weight is 382 g/mol. The highest BCUT2D eigenvalue weighted by Gasteiger charge is 2.54. The molecule has 0 aliphatic heterocycles. The molecular weight excluding hydrogens is 358 g/mol. The number of aliphatic hydroxyl groups is 1. The zero-order valence-electron chi connectivity index (χ0n) is 15.1. The van der Waals surface area contributed by atoms with Gasteiger partial charge < -0.3 is 16.2 Å². The van der Waals surface area contributed by atoms with Gasteiger partial charge in [-0.3, -0.25) is 4.98 Å². The van der Waals surface area contributed by atoms with Gasteiger partial charge in [-0.15, -0.1) is 10.2 Å². The van der Waals surface area contributed by atoms with Gasteiger partial charge >= 0.3 is 0 Å². The summed E-state index contributed by atoms with van der Waals surface area (Å²) in [4.78, 5) is 4.66. The van der Waals surface area contributed by atoms with Crippen LogP contribution in [-0.2, 0) is 6.42 Å². The molecule has 7 rings (SSSR count). The molecule has 0 saturated heterocycles. The summed E-state index contributed by atoms with van der Waals surface area (Å²) < 4.78 is 0. The zero-order valence-corrected chi connectivity index (χ0v) is 15.9. The number of hydrogen-bond donors (Lipinski definition) is 3. The van der Waals surface area contributed by atoms with Crippen molar-refractivity contribution in [1.82, 2.24) is 15.2 Å². The monoisotopic (exact) mass is 381 g/mol. The van der Waals surface area contributed by atoms with Crippen molar-refractivity contribution in [3.63, 3.8) is 0 Å². The Labute approximate surface area is 161 Å². The number of anilines is 2. The van der Waals surface area contributed by atoms with Gasteiger partial charge in [0.1, 0.15) is 0 Å². The lowest BCUT2D eigenvalue weighted by Crippen LogP contribution is -2.59. The maximum absolute atomic E-state index is 10.9. The van der Waals surface area contributed by atoms with Crippen LogP contribution in [0.15, 0.2) is 12.3 Å². The molecule has 7 heteroatoms. The molecule has 2 unspecified atom stereocenters. The van der Waals surface area contributed by atoms with Gasteiger partial charge in [0.15, 0.2) is 5.01 Å². The first-order chi connectivity index (χ1) is 13.1. The van der Waals surface area contributed by atoms with E-state index < -0.39 is 5.60 Å². The van der Waals surface area contributed by atoms with Crippen LogP contribution in [0.4, 0.5) is 10.8 Å². The van der Waals surface area contributed by atoms with Crippen molar-refractivity contribution in [2.45, 2.75) is 50.2 Å². The van der Waals surface area contributed by atoms with E-state index in [1.807, 2.05) is 6.20 Å². The summed E-state index contributed by atoms with van der Waals surface area (Å²) in [5.41, 5.74) is 9.82. The van der Waals surface area contributed by atoms with E-state index in [9.17, 15) is 5.11 Å². The van der Waals surface area contributed by atoms with Gasteiger partial charge in [0.25, 0.3) is 0 Å². The smallest absolute Gasteiger partial charge is 0.203 e. The topological polar surface area (TPSA) is 97.0 Å². The first kappa shape index (κ1) is 16.0. The molecule has 2 heterocycles. The van der Waals surface area contributed by atoms with E-state index in [2.05, 4.69) is 32.7 Å². The molecule has 27 heavy (non-hydrogen) atoms. The van der Waals surface area contributed by atoms with E-state index in [4.69, 9.17) is 5.73 Å². The Balaban J connectivity index is 1.41. The van der Waals surface area contributed by atoms with Crippen molar-refractivity contribution in [3.8, 4) is 10.6 Å². The fourth-order valence-corrected chi connectivity index (χ4v) is 6.87. The molecule has 4 N–H and O–H groups in total. The molecule has 4 bridgehead atoms. The Bertz CT molecular complexity index is 938. The number of hydrogen-bond acceptors (Lipinski definition) is 7. The maximum Gasteiger partial charge on any atom is 0.203 e. The van der Waals surface area contributed by atoms with E-state index in [0.29, 0.717) is 28.9 Å². The average Bonchev–Trinajstić information content (AvgIpc) is 3.25. The minimum atomic E-state index is -0.411. The largest absolute Gasteiger partial charge is 0.390 e. The lowest BCUT2D eigenvalue weighted by Gasteiger charge is -2.58. The van der Waals surface area contributed by atoms with Crippen LogP contribution < -0.4 is 11.1 Å². The molecule has 2 aromatic heterocycles. The summed E-state index contributed by atoms with van der Waals surface area (Å²) in [6.45, 7) is 0. The van der Waals surface area contributed by atoms with Crippen LogP contribution >= 0.6 is 11.3 Å². The predicted octanol–water partition coefficient (Wildman–Crippen LogP) is 3.10. The molecule has 140 valence electrons. The maximum atomic E-state index is 10.9. The number of pyridine rings is 1. The second kappa shape index (κ2) is 5.52. The Morgan fingerprint density at radius 3 is 2.70 bits per heavy atom. The van der Waals surface area contributed by atoms with Crippen molar-refractivity contribution >= 4 is 28.2 Å². The Morgan fingerprint density at radius 2 is 2.00 bits per heavy atom. The number of nitrogens with zero attached hydrogens (tertiary/aromatic N) is 3. The highest BCUT2D eigenvalue weighted by Crippen LogP contribution is 2.56. The van der Waals surface area contributed by atoms with Crippen LogP contribution in [-0.4, -0.2) is 31.9 Å². The van der Waals surface area contributed by atoms with E-state index in [-0.39, 0.29) is 0 Å². The number of fused-ring (bicyclic) bond motifs is 1. The van der Waals surface area contributed by atoms with Crippen LogP contribution in [0.1, 0.15) is 43.4 Å². The molecule has 6 nitrogen and oxygen atoms in total. The van der Waals surface area contributed by atoms with E-state index in [1.54, 1.807) is 0 Å². The third-order valence-corrected chi connectivity index (χ3v) is 7.80. The minimum Gasteiger partial charge on any atom is -0.390 e. The Morgan fingerprint density at radius 1 is 1.19 bits per heavy atom. The molecule has 5 aliphatic carbocycles. The van der Waals surface area contributed by atoms with E-state index in [1.165, 1.54) is 29.7 Å². The van der Waals surface area contributed by atoms with E-state index >= 15 is 0 Å². The molecule has 2 atom stereocenters. The van der Waals surface area contributed by atoms with Crippen LogP contribution in [0.5, 0.6) is 0 Å². The first-order valence-corrected chi connectivity index (χ1v) is 10.7. The fraction of sp³-hybridized carbons (Fsp3) is 0.550. The number of aromatic nitrogens is 3. The molecule has 4 fully saturated rings. The SMILES string of the molecule is Nc1nnc(-c2cnc3c(c2NC2C4CC5CC2CC(O)(C5)C4)C=CC3)s1. The highest BCUT2D eigenvalue weighted by molar-refractivity contribution is 7.18. The Kier molecular flexibility index (Phi) is 3.27. The lowest BCUT2D eigenvalue weighted by atomic mass is 9.52. The van der Waals surface area contributed by atoms with E-state index in [0.717, 1.165) is 47.6 Å². The molecule has 0 aromatic carbocycles. The zero-order chi connectivity index (χ0) is 18.2. The van der Waals surface area contributed by atoms with Crippen molar-refractivity contribution in [2.24, 2.45) is 17.8 Å². The molecule has 2 aromatic rings. The van der Waals surface area contributed by atoms with Crippen LogP contribution in [0.3, 0.4) is 0 Å². The molecular formula is C20H23N5OS. The number of nitrogen functional groups attached to an aromatic ring is 1. The number of allylic oxidation sites excluding steroid dienone is 1. The van der Waals surface area contributed by atoms with Crippen LogP contribution in [0.2, 0.25) is 0 Å². The molecule has 0 radical (unpaired) electrons. The summed E-state index contributed by atoms with van der Waals surface area (Å²) in [5.74, 6) is 1.79. The summed E-state index contributed by atoms with van der Waals surface area (Å²) in [6, 6.07) is 0.409. The van der Waals surface area contributed by atoms with Crippen LogP contribution in [0.25, 0.3) is 16.6 Å². The summed E-state index contributed by atoms with van der Waals surface area (Å²) in [6.07, 6.45) is 12.5. The van der Waals surface area contributed by atoms with Gasteiger partial charge in [0.2, 0.25) is 5.13 Å². The molecule has 5 aliphatic rings. The lowest BCUT2D eigenvalue weighted by molar-refractivity contribution is -0.129. The fourth-order valence-electron chi connectivity index (χ4n) is 6.24. The van der Waals surface area contributed by atoms with Crippen molar-refractivity contribution in [3.05, 3.63) is 23.5 Å². The second-order valence-electron chi connectivity index (χ2n) is 8.82. The van der Waals surface area contributed by atoms with Crippen molar-refractivity contribution in [1.29, 1.82) is 0 Å². The third-order valence-electron chi connectivity index (χ3n) is 7.02. The summed E-state index contributed by atoms with van der Waals surface area (Å²) >= 11 is 1.40. The van der Waals surface area contributed by atoms with Crippen molar-refractivity contribution < 1.29 is 5.11 Å². The molecule has 0 amide bonds. The quantitative estimate of drug-likeness (QED) is 0.756. The minimum absolute atomic E-state index is 0.409. The van der Waals surface area contributed by atoms with Gasteiger partial charge in [-0.2, -0.15) is 0 Å². The number of rotatable bonds is 3. The second-order valence-corrected chi connectivity index (χ2v) is 9.83.